The van der Waals surface area contributed by atoms with E-state index in [-0.39, 0.29) is 29.6 Å². The first-order valence-electron chi connectivity index (χ1n) is 13.2. The molecule has 6 rings (SSSR count). The smallest absolute Gasteiger partial charge is 0.273 e. The fourth-order valence-corrected chi connectivity index (χ4v) is 5.02. The Balaban J connectivity index is 1.48. The number of amides is 2. The van der Waals surface area contributed by atoms with Gasteiger partial charge in [-0.25, -0.2) is 4.39 Å². The maximum atomic E-state index is 13.9. The highest BCUT2D eigenvalue weighted by atomic mass is 19.1. The molecule has 0 atom stereocenters. The number of benzene rings is 3. The summed E-state index contributed by atoms with van der Waals surface area (Å²) in [4.78, 5) is 32.8. The quantitative estimate of drug-likeness (QED) is 0.259. The van der Waals surface area contributed by atoms with Crippen LogP contribution in [0.3, 0.4) is 0 Å². The van der Waals surface area contributed by atoms with Gasteiger partial charge in [-0.3, -0.25) is 14.5 Å². The lowest BCUT2D eigenvalue weighted by atomic mass is 9.95. The number of anilines is 1. The molecule has 1 aliphatic carbocycles. The number of hydrogen-bond donors (Lipinski definition) is 1. The summed E-state index contributed by atoms with van der Waals surface area (Å²) >= 11 is 0. The minimum Gasteiger partial charge on any atom is -0.496 e. The van der Waals surface area contributed by atoms with Crippen LogP contribution in [0.15, 0.2) is 63.5 Å². The second-order valence-corrected chi connectivity index (χ2v) is 9.99. The zero-order chi connectivity index (χ0) is 28.8. The molecule has 208 valence electrons. The lowest BCUT2D eigenvalue weighted by Gasteiger charge is -2.21. The Labute approximate surface area is 234 Å². The number of hydrogen-bond acceptors (Lipinski definition) is 7. The molecule has 1 N–H and O–H groups in total. The first-order valence-corrected chi connectivity index (χ1v) is 13.2. The van der Waals surface area contributed by atoms with E-state index >= 15 is 0 Å². The van der Waals surface area contributed by atoms with Crippen molar-refractivity contribution in [2.24, 2.45) is 0 Å². The van der Waals surface area contributed by atoms with E-state index in [0.717, 1.165) is 29.5 Å². The number of carbonyl (C=O) groups is 2. The van der Waals surface area contributed by atoms with Crippen molar-refractivity contribution in [3.05, 3.63) is 83.0 Å². The number of halogens is 1. The van der Waals surface area contributed by atoms with Gasteiger partial charge in [0, 0.05) is 31.0 Å². The summed E-state index contributed by atoms with van der Waals surface area (Å²) in [5.41, 5.74) is 4.20. The summed E-state index contributed by atoms with van der Waals surface area (Å²) in [7, 11) is 3.07. The van der Waals surface area contributed by atoms with Crippen molar-refractivity contribution in [3.63, 3.8) is 0 Å². The van der Waals surface area contributed by atoms with Gasteiger partial charge in [-0.15, -0.1) is 0 Å². The molecule has 2 heterocycles. The Kier molecular flexibility index (Phi) is 6.53. The molecule has 41 heavy (non-hydrogen) atoms. The molecule has 1 saturated carbocycles. The molecule has 1 fully saturated rings. The fraction of sp³-hybridized carbons (Fsp3) is 0.226. The third-order valence-electron chi connectivity index (χ3n) is 7.20. The highest BCUT2D eigenvalue weighted by Gasteiger charge is 2.38. The number of nitrogens with zero attached hydrogens (tertiary/aromatic N) is 3. The maximum Gasteiger partial charge on any atom is 0.273 e. The summed E-state index contributed by atoms with van der Waals surface area (Å²) in [6.07, 6.45) is 1.69. The van der Waals surface area contributed by atoms with Crippen LogP contribution in [0.5, 0.6) is 5.75 Å². The molecule has 0 bridgehead atoms. The molecule has 2 amide bonds. The van der Waals surface area contributed by atoms with E-state index < -0.39 is 0 Å². The van der Waals surface area contributed by atoms with Crippen molar-refractivity contribution in [1.82, 2.24) is 15.5 Å². The van der Waals surface area contributed by atoms with E-state index in [2.05, 4.69) is 15.5 Å². The van der Waals surface area contributed by atoms with Crippen LogP contribution in [-0.2, 0) is 0 Å². The number of fused-ring (bicyclic) bond motifs is 1. The van der Waals surface area contributed by atoms with Gasteiger partial charge in [0.15, 0.2) is 0 Å². The molecule has 0 radical (unpaired) electrons. The molecule has 1 aliphatic rings. The van der Waals surface area contributed by atoms with Crippen LogP contribution in [-0.4, -0.2) is 42.2 Å². The molecule has 3 aromatic carbocycles. The van der Waals surface area contributed by atoms with Crippen molar-refractivity contribution < 1.29 is 27.7 Å². The SMILES string of the molecule is CNC(=O)c1c(-c2ccc(F)cc2)oc2ccc(-c3cc(C(=O)N(c4noc(C)n4)C4CC4)c(OC)cc3C)cc12. The third-order valence-corrected chi connectivity index (χ3v) is 7.20. The zero-order valence-electron chi connectivity index (χ0n) is 22.9. The number of furan rings is 1. The Bertz CT molecular complexity index is 1800. The predicted octanol–water partition coefficient (Wildman–Crippen LogP) is 6.08. The average Bonchev–Trinajstić information content (AvgIpc) is 3.60. The highest BCUT2D eigenvalue weighted by Crippen LogP contribution is 2.39. The molecule has 2 aromatic heterocycles. The van der Waals surface area contributed by atoms with E-state index in [9.17, 15) is 14.0 Å². The first-order chi connectivity index (χ1) is 19.8. The van der Waals surface area contributed by atoms with Gasteiger partial charge in [0.2, 0.25) is 5.89 Å². The molecule has 0 saturated heterocycles. The topological polar surface area (TPSA) is 111 Å². The van der Waals surface area contributed by atoms with E-state index in [0.29, 0.717) is 45.1 Å². The summed E-state index contributed by atoms with van der Waals surface area (Å²) in [5.74, 6) is 0.352. The maximum absolute atomic E-state index is 13.9. The summed E-state index contributed by atoms with van der Waals surface area (Å²) in [5, 5.41) is 7.25. The van der Waals surface area contributed by atoms with Crippen LogP contribution >= 0.6 is 0 Å². The van der Waals surface area contributed by atoms with Crippen LogP contribution in [0.4, 0.5) is 10.3 Å². The van der Waals surface area contributed by atoms with Crippen molar-refractivity contribution in [2.45, 2.75) is 32.7 Å². The number of ether oxygens (including phenoxy) is 1. The Morgan fingerprint density at radius 1 is 1.05 bits per heavy atom. The van der Waals surface area contributed by atoms with Crippen LogP contribution in [0.1, 0.15) is 45.0 Å². The number of carbonyl (C=O) groups excluding carboxylic acids is 2. The standard InChI is InChI=1S/C31H27FN4O5/c1-16-13-26(39-4)24(30(38)36(21-10-11-21)31-34-17(2)41-35-31)15-22(16)19-7-12-25-23(14-19)27(29(37)33-3)28(40-25)18-5-8-20(32)9-6-18/h5-9,12-15,21H,10-11H2,1-4H3,(H,33,37). The number of nitrogens with one attached hydrogen (secondary N) is 1. The van der Waals surface area contributed by atoms with Gasteiger partial charge in [-0.2, -0.15) is 4.98 Å². The molecule has 0 spiro atoms. The monoisotopic (exact) mass is 554 g/mol. The van der Waals surface area contributed by atoms with Crippen LogP contribution in [0.25, 0.3) is 33.4 Å². The van der Waals surface area contributed by atoms with E-state index in [1.54, 1.807) is 43.1 Å². The molecule has 10 heteroatoms. The number of aromatic nitrogens is 2. The largest absolute Gasteiger partial charge is 0.496 e. The minimum atomic E-state index is -0.385. The molecule has 5 aromatic rings. The summed E-state index contributed by atoms with van der Waals surface area (Å²) in [6.45, 7) is 3.60. The van der Waals surface area contributed by atoms with Gasteiger partial charge in [-0.1, -0.05) is 6.07 Å². The van der Waals surface area contributed by atoms with E-state index in [1.165, 1.54) is 19.2 Å². The number of methoxy groups -OCH3 is 1. The van der Waals surface area contributed by atoms with Crippen molar-refractivity contribution in [3.8, 4) is 28.2 Å². The van der Waals surface area contributed by atoms with Crippen LogP contribution < -0.4 is 15.0 Å². The Hall–Kier alpha value is -4.99. The predicted molar refractivity (Wildman–Crippen MR) is 151 cm³/mol. The first kappa shape index (κ1) is 26.2. The van der Waals surface area contributed by atoms with Crippen molar-refractivity contribution in [1.29, 1.82) is 0 Å². The molecule has 0 unspecified atom stereocenters. The number of rotatable bonds is 7. The van der Waals surface area contributed by atoms with E-state index in [1.807, 2.05) is 25.1 Å². The highest BCUT2D eigenvalue weighted by molar-refractivity contribution is 6.12. The molecular weight excluding hydrogens is 527 g/mol. The van der Waals surface area contributed by atoms with Crippen LogP contribution in [0.2, 0.25) is 0 Å². The van der Waals surface area contributed by atoms with Gasteiger partial charge in [0.05, 0.1) is 18.2 Å². The fourth-order valence-electron chi connectivity index (χ4n) is 5.02. The third kappa shape index (κ3) is 4.71. The van der Waals surface area contributed by atoms with Crippen LogP contribution in [0, 0.1) is 19.7 Å². The lowest BCUT2D eigenvalue weighted by molar-refractivity contribution is 0.0961. The van der Waals surface area contributed by atoms with Gasteiger partial charge in [0.25, 0.3) is 17.8 Å². The average molecular weight is 555 g/mol. The van der Waals surface area contributed by atoms with Crippen molar-refractivity contribution >= 4 is 28.7 Å². The normalized spacial score (nSPS) is 12.9. The lowest BCUT2D eigenvalue weighted by Crippen LogP contribution is -2.34. The Morgan fingerprint density at radius 2 is 1.78 bits per heavy atom. The van der Waals surface area contributed by atoms with E-state index in [4.69, 9.17) is 13.7 Å². The van der Waals surface area contributed by atoms with Gasteiger partial charge >= 0.3 is 0 Å². The van der Waals surface area contributed by atoms with Gasteiger partial charge in [-0.05, 0) is 90.1 Å². The molecular formula is C31H27FN4O5. The zero-order valence-corrected chi connectivity index (χ0v) is 22.9. The minimum absolute atomic E-state index is 0.0174. The van der Waals surface area contributed by atoms with Crippen molar-refractivity contribution in [2.75, 3.05) is 19.1 Å². The molecule has 9 nitrogen and oxygen atoms in total. The number of aryl methyl sites for hydroxylation is 2. The summed E-state index contributed by atoms with van der Waals surface area (Å²) in [6, 6.07) is 14.9. The van der Waals surface area contributed by atoms with Gasteiger partial charge < -0.3 is 19.0 Å². The second-order valence-electron chi connectivity index (χ2n) is 9.99. The second kappa shape index (κ2) is 10.2. The molecule has 0 aliphatic heterocycles. The van der Waals surface area contributed by atoms with Gasteiger partial charge in [0.1, 0.15) is 22.9 Å². The Morgan fingerprint density at radius 3 is 2.41 bits per heavy atom. The summed E-state index contributed by atoms with van der Waals surface area (Å²) < 4.78 is 30.5.